The topological polar surface area (TPSA) is 57.4 Å². The molecule has 0 fully saturated rings. The highest BCUT2D eigenvalue weighted by atomic mass is 15.1. The monoisotopic (exact) mass is 186 g/mol. The van der Waals surface area contributed by atoms with Crippen LogP contribution >= 0.6 is 0 Å². The summed E-state index contributed by atoms with van der Waals surface area (Å²) in [6.45, 7) is 0. The van der Waals surface area contributed by atoms with Gasteiger partial charge in [-0.25, -0.2) is 0 Å². The average Bonchev–Trinajstić information content (AvgIpc) is 2.92. The molecule has 0 amide bonds. The van der Waals surface area contributed by atoms with Crippen LogP contribution in [0, 0.1) is 0 Å². The molecule has 0 unspecified atom stereocenters. The molecule has 0 bridgehead atoms. The van der Waals surface area contributed by atoms with Gasteiger partial charge in [0.1, 0.15) is 0 Å². The highest BCUT2D eigenvalue weighted by Crippen LogP contribution is 2.06. The Hall–Kier alpha value is -2.10. The predicted octanol–water partition coefficient (Wildman–Crippen LogP) is 1.97. The van der Waals surface area contributed by atoms with E-state index in [9.17, 15) is 0 Å². The SMILES string of the molecule is c1ccc2[nH]ncc2c1.c1cn[nH]c1. The van der Waals surface area contributed by atoms with Crippen molar-refractivity contribution in [3.63, 3.8) is 0 Å². The van der Waals surface area contributed by atoms with Gasteiger partial charge >= 0.3 is 0 Å². The van der Waals surface area contributed by atoms with Crippen LogP contribution < -0.4 is 0 Å². The van der Waals surface area contributed by atoms with Gasteiger partial charge in [0.2, 0.25) is 0 Å². The number of hydrogen-bond acceptors (Lipinski definition) is 2. The summed E-state index contributed by atoms with van der Waals surface area (Å²) in [5.41, 5.74) is 1.09. The van der Waals surface area contributed by atoms with Gasteiger partial charge < -0.3 is 0 Å². The molecule has 0 saturated heterocycles. The molecule has 0 atom stereocenters. The van der Waals surface area contributed by atoms with Gasteiger partial charge in [-0.2, -0.15) is 10.2 Å². The molecule has 3 aromatic rings. The third-order valence-electron chi connectivity index (χ3n) is 1.76. The van der Waals surface area contributed by atoms with E-state index in [0.29, 0.717) is 0 Å². The molecular weight excluding hydrogens is 176 g/mol. The first kappa shape index (κ1) is 8.50. The van der Waals surface area contributed by atoms with Crippen molar-refractivity contribution < 1.29 is 0 Å². The maximum absolute atomic E-state index is 3.88. The van der Waals surface area contributed by atoms with Crippen molar-refractivity contribution in [2.45, 2.75) is 0 Å². The molecule has 0 aliphatic rings. The minimum Gasteiger partial charge on any atom is -0.286 e. The second kappa shape index (κ2) is 4.23. The van der Waals surface area contributed by atoms with Crippen LogP contribution in [0.1, 0.15) is 0 Å². The van der Waals surface area contributed by atoms with E-state index < -0.39 is 0 Å². The molecule has 2 N–H and O–H groups in total. The van der Waals surface area contributed by atoms with Crippen LogP contribution in [0.15, 0.2) is 48.9 Å². The summed E-state index contributed by atoms with van der Waals surface area (Å²) in [5, 5.41) is 14.1. The van der Waals surface area contributed by atoms with Crippen molar-refractivity contribution in [1.29, 1.82) is 0 Å². The molecule has 0 spiro atoms. The van der Waals surface area contributed by atoms with Crippen LogP contribution in [-0.4, -0.2) is 20.4 Å². The molecule has 4 heteroatoms. The molecule has 0 radical (unpaired) electrons. The third kappa shape index (κ3) is 1.98. The summed E-state index contributed by atoms with van der Waals surface area (Å²) in [6.07, 6.45) is 5.27. The first-order chi connectivity index (χ1) is 6.97. The van der Waals surface area contributed by atoms with E-state index in [4.69, 9.17) is 0 Å². The molecule has 0 aliphatic heterocycles. The Labute approximate surface area is 81.0 Å². The highest BCUT2D eigenvalue weighted by molar-refractivity contribution is 5.77. The number of H-pyrrole nitrogens is 2. The predicted molar refractivity (Wildman–Crippen MR) is 54.7 cm³/mol. The molecular formula is C10H10N4. The zero-order valence-electron chi connectivity index (χ0n) is 7.51. The second-order valence-electron chi connectivity index (χ2n) is 2.72. The summed E-state index contributed by atoms with van der Waals surface area (Å²) in [5.74, 6) is 0. The fraction of sp³-hybridized carbons (Fsp3) is 0. The Morgan fingerprint density at radius 2 is 1.93 bits per heavy atom. The Bertz CT molecular complexity index is 422. The number of rotatable bonds is 0. The number of nitrogens with one attached hydrogen (secondary N) is 2. The summed E-state index contributed by atoms with van der Waals surface area (Å²) >= 11 is 0. The maximum atomic E-state index is 3.88. The molecule has 0 saturated carbocycles. The lowest BCUT2D eigenvalue weighted by atomic mass is 10.3. The number of fused-ring (bicyclic) bond motifs is 1. The van der Waals surface area contributed by atoms with E-state index in [0.717, 1.165) is 10.9 Å². The van der Waals surface area contributed by atoms with E-state index in [-0.39, 0.29) is 0 Å². The van der Waals surface area contributed by atoms with E-state index in [2.05, 4.69) is 20.4 Å². The largest absolute Gasteiger partial charge is 0.286 e. The molecule has 2 heterocycles. The maximum Gasteiger partial charge on any atom is 0.0650 e. The standard InChI is InChI=1S/C7H6N2.C3H4N2/c1-2-4-7-6(3-1)5-8-9-7;1-2-4-5-3-1/h1-5H,(H,8,9);1-3H,(H,4,5). The molecule has 3 rings (SSSR count). The quantitative estimate of drug-likeness (QED) is 0.564. The van der Waals surface area contributed by atoms with Crippen molar-refractivity contribution in [3.05, 3.63) is 48.9 Å². The van der Waals surface area contributed by atoms with Crippen molar-refractivity contribution in [3.8, 4) is 0 Å². The number of aromatic nitrogens is 4. The minimum absolute atomic E-state index is 1.09. The lowest BCUT2D eigenvalue weighted by Gasteiger charge is -1.81. The molecule has 2 aromatic heterocycles. The van der Waals surface area contributed by atoms with E-state index in [1.807, 2.05) is 36.5 Å². The number of para-hydroxylation sites is 1. The number of benzene rings is 1. The number of aromatic amines is 2. The summed E-state index contributed by atoms with van der Waals surface area (Å²) in [7, 11) is 0. The van der Waals surface area contributed by atoms with E-state index in [1.54, 1.807) is 12.4 Å². The van der Waals surface area contributed by atoms with Gasteiger partial charge in [0.15, 0.2) is 0 Å². The van der Waals surface area contributed by atoms with Crippen molar-refractivity contribution in [2.75, 3.05) is 0 Å². The fourth-order valence-corrected chi connectivity index (χ4v) is 1.10. The fourth-order valence-electron chi connectivity index (χ4n) is 1.10. The van der Waals surface area contributed by atoms with Crippen molar-refractivity contribution in [1.82, 2.24) is 20.4 Å². The van der Waals surface area contributed by atoms with Gasteiger partial charge in [-0.3, -0.25) is 10.2 Å². The van der Waals surface area contributed by atoms with Crippen LogP contribution in [-0.2, 0) is 0 Å². The molecule has 1 aromatic carbocycles. The smallest absolute Gasteiger partial charge is 0.0650 e. The summed E-state index contributed by atoms with van der Waals surface area (Å²) in [6, 6.07) is 9.85. The van der Waals surface area contributed by atoms with Crippen LogP contribution in [0.2, 0.25) is 0 Å². The molecule has 4 nitrogen and oxygen atoms in total. The highest BCUT2D eigenvalue weighted by Gasteiger charge is 1.88. The van der Waals surface area contributed by atoms with Gasteiger partial charge in [0.25, 0.3) is 0 Å². The average molecular weight is 186 g/mol. The van der Waals surface area contributed by atoms with Gasteiger partial charge in [-0.1, -0.05) is 18.2 Å². The minimum atomic E-state index is 1.09. The molecule has 0 aliphatic carbocycles. The van der Waals surface area contributed by atoms with Crippen LogP contribution in [0.3, 0.4) is 0 Å². The first-order valence-corrected chi connectivity index (χ1v) is 4.28. The van der Waals surface area contributed by atoms with Crippen molar-refractivity contribution in [2.24, 2.45) is 0 Å². The third-order valence-corrected chi connectivity index (χ3v) is 1.76. The molecule has 14 heavy (non-hydrogen) atoms. The second-order valence-corrected chi connectivity index (χ2v) is 2.72. The Kier molecular flexibility index (Phi) is 2.56. The van der Waals surface area contributed by atoms with E-state index >= 15 is 0 Å². The van der Waals surface area contributed by atoms with Gasteiger partial charge in [0.05, 0.1) is 11.7 Å². The van der Waals surface area contributed by atoms with Gasteiger partial charge in [-0.05, 0) is 12.1 Å². The van der Waals surface area contributed by atoms with Gasteiger partial charge in [0, 0.05) is 17.8 Å². The van der Waals surface area contributed by atoms with Crippen LogP contribution in [0.4, 0.5) is 0 Å². The van der Waals surface area contributed by atoms with E-state index in [1.165, 1.54) is 0 Å². The lowest BCUT2D eigenvalue weighted by Crippen LogP contribution is -1.63. The lowest BCUT2D eigenvalue weighted by molar-refractivity contribution is 1.09. The van der Waals surface area contributed by atoms with Crippen LogP contribution in [0.25, 0.3) is 10.9 Å². The Morgan fingerprint density at radius 3 is 2.57 bits per heavy atom. The van der Waals surface area contributed by atoms with Crippen LogP contribution in [0.5, 0.6) is 0 Å². The number of hydrogen-bond donors (Lipinski definition) is 2. The number of nitrogens with zero attached hydrogens (tertiary/aromatic N) is 2. The summed E-state index contributed by atoms with van der Waals surface area (Å²) < 4.78 is 0. The first-order valence-electron chi connectivity index (χ1n) is 4.28. The Balaban J connectivity index is 0.000000128. The zero-order valence-corrected chi connectivity index (χ0v) is 7.51. The normalized spacial score (nSPS) is 9.43. The molecule has 70 valence electrons. The zero-order chi connectivity index (χ0) is 9.64. The summed E-state index contributed by atoms with van der Waals surface area (Å²) in [4.78, 5) is 0. The van der Waals surface area contributed by atoms with Gasteiger partial charge in [-0.15, -0.1) is 0 Å². The van der Waals surface area contributed by atoms with Crippen molar-refractivity contribution >= 4 is 10.9 Å². The Morgan fingerprint density at radius 1 is 1.00 bits per heavy atom.